The minimum atomic E-state index is -0.425. The van der Waals surface area contributed by atoms with E-state index in [2.05, 4.69) is 4.74 Å². The van der Waals surface area contributed by atoms with E-state index in [1.165, 1.54) is 12.0 Å². The Morgan fingerprint density at radius 2 is 2.07 bits per heavy atom. The van der Waals surface area contributed by atoms with Crippen LogP contribution in [0.5, 0.6) is 0 Å². The van der Waals surface area contributed by atoms with E-state index in [0.29, 0.717) is 0 Å². The fourth-order valence-electron chi connectivity index (χ4n) is 0.871. The standard InChI is InChI=1S/C9H18N2O3/c1-4-7(10)5-8(12)11(2)6-9(13)14-3/h7H,4-6,10H2,1-3H3. The molecule has 0 radical (unpaired) electrons. The van der Waals surface area contributed by atoms with Gasteiger partial charge in [-0.3, -0.25) is 9.59 Å². The van der Waals surface area contributed by atoms with Crippen molar-refractivity contribution in [1.82, 2.24) is 4.90 Å². The summed E-state index contributed by atoms with van der Waals surface area (Å²) in [5.74, 6) is -0.560. The van der Waals surface area contributed by atoms with Crippen LogP contribution in [0.3, 0.4) is 0 Å². The van der Waals surface area contributed by atoms with Crippen molar-refractivity contribution in [3.63, 3.8) is 0 Å². The summed E-state index contributed by atoms with van der Waals surface area (Å²) < 4.78 is 4.44. The average molecular weight is 202 g/mol. The molecule has 0 aromatic carbocycles. The lowest BCUT2D eigenvalue weighted by atomic mass is 10.1. The molecule has 0 saturated heterocycles. The minimum Gasteiger partial charge on any atom is -0.468 e. The Kier molecular flexibility index (Phi) is 5.87. The highest BCUT2D eigenvalue weighted by atomic mass is 16.5. The van der Waals surface area contributed by atoms with Gasteiger partial charge < -0.3 is 15.4 Å². The molecule has 82 valence electrons. The molecule has 0 aliphatic heterocycles. The number of methoxy groups -OCH3 is 1. The maximum Gasteiger partial charge on any atom is 0.325 e. The van der Waals surface area contributed by atoms with Crippen LogP contribution in [0.4, 0.5) is 0 Å². The Bertz CT molecular complexity index is 206. The molecule has 0 spiro atoms. The van der Waals surface area contributed by atoms with Crippen LogP contribution in [0.15, 0.2) is 0 Å². The first kappa shape index (κ1) is 12.9. The highest BCUT2D eigenvalue weighted by Gasteiger charge is 2.15. The van der Waals surface area contributed by atoms with E-state index >= 15 is 0 Å². The lowest BCUT2D eigenvalue weighted by molar-refractivity contribution is -0.146. The van der Waals surface area contributed by atoms with Crippen molar-refractivity contribution in [2.24, 2.45) is 5.73 Å². The smallest absolute Gasteiger partial charge is 0.325 e. The van der Waals surface area contributed by atoms with Gasteiger partial charge in [0.2, 0.25) is 5.91 Å². The number of esters is 1. The molecule has 14 heavy (non-hydrogen) atoms. The summed E-state index contributed by atoms with van der Waals surface area (Å²) in [7, 11) is 2.85. The van der Waals surface area contributed by atoms with Gasteiger partial charge in [-0.15, -0.1) is 0 Å². The number of carbonyl (C=O) groups excluding carboxylic acids is 2. The zero-order valence-electron chi connectivity index (χ0n) is 8.95. The van der Waals surface area contributed by atoms with Crippen LogP contribution in [-0.2, 0) is 14.3 Å². The van der Waals surface area contributed by atoms with Gasteiger partial charge in [0.25, 0.3) is 0 Å². The average Bonchev–Trinajstić information content (AvgIpc) is 2.17. The van der Waals surface area contributed by atoms with E-state index in [0.717, 1.165) is 6.42 Å². The van der Waals surface area contributed by atoms with Crippen LogP contribution in [0.1, 0.15) is 19.8 Å². The molecule has 0 aliphatic carbocycles. The van der Waals surface area contributed by atoms with Crippen LogP contribution in [0.25, 0.3) is 0 Å². The number of nitrogens with two attached hydrogens (primary N) is 1. The summed E-state index contributed by atoms with van der Waals surface area (Å²) in [6.45, 7) is 1.89. The number of hydrogen-bond acceptors (Lipinski definition) is 4. The van der Waals surface area contributed by atoms with Crippen LogP contribution in [0.2, 0.25) is 0 Å². The molecule has 0 bridgehead atoms. The quantitative estimate of drug-likeness (QED) is 0.624. The van der Waals surface area contributed by atoms with E-state index in [1.807, 2.05) is 6.92 Å². The van der Waals surface area contributed by atoms with Crippen molar-refractivity contribution in [3.8, 4) is 0 Å². The van der Waals surface area contributed by atoms with Crippen molar-refractivity contribution in [3.05, 3.63) is 0 Å². The van der Waals surface area contributed by atoms with Gasteiger partial charge in [0, 0.05) is 19.5 Å². The molecule has 5 nitrogen and oxygen atoms in total. The largest absolute Gasteiger partial charge is 0.468 e. The lowest BCUT2D eigenvalue weighted by Crippen LogP contribution is -2.36. The molecule has 0 heterocycles. The second kappa shape index (κ2) is 6.37. The third kappa shape index (κ3) is 4.81. The Balaban J connectivity index is 3.93. The molecule has 0 aliphatic rings. The summed E-state index contributed by atoms with van der Waals surface area (Å²) in [5.41, 5.74) is 5.61. The summed E-state index contributed by atoms with van der Waals surface area (Å²) in [4.78, 5) is 23.6. The number of rotatable bonds is 5. The van der Waals surface area contributed by atoms with E-state index < -0.39 is 5.97 Å². The number of amides is 1. The minimum absolute atomic E-state index is 0.0221. The zero-order valence-corrected chi connectivity index (χ0v) is 8.95. The van der Waals surface area contributed by atoms with E-state index in [1.54, 1.807) is 7.05 Å². The molecule has 1 amide bonds. The summed E-state index contributed by atoms with van der Waals surface area (Å²) in [5, 5.41) is 0. The van der Waals surface area contributed by atoms with E-state index in [4.69, 9.17) is 5.73 Å². The number of ether oxygens (including phenoxy) is 1. The van der Waals surface area contributed by atoms with Gasteiger partial charge in [0.15, 0.2) is 0 Å². The topological polar surface area (TPSA) is 72.6 Å². The summed E-state index contributed by atoms with van der Waals surface area (Å²) in [6, 6.07) is -0.136. The molecule has 0 fully saturated rings. The Hall–Kier alpha value is -1.10. The predicted molar refractivity (Wildman–Crippen MR) is 52.5 cm³/mol. The first-order valence-electron chi connectivity index (χ1n) is 4.57. The molecular weight excluding hydrogens is 184 g/mol. The highest BCUT2D eigenvalue weighted by Crippen LogP contribution is 1.98. The van der Waals surface area contributed by atoms with Gasteiger partial charge in [-0.1, -0.05) is 6.92 Å². The zero-order chi connectivity index (χ0) is 11.1. The SMILES string of the molecule is CCC(N)CC(=O)N(C)CC(=O)OC. The first-order chi connectivity index (χ1) is 6.51. The highest BCUT2D eigenvalue weighted by molar-refractivity contribution is 5.82. The number of carbonyl (C=O) groups is 2. The van der Waals surface area contributed by atoms with E-state index in [-0.39, 0.29) is 24.9 Å². The molecule has 0 saturated carbocycles. The lowest BCUT2D eigenvalue weighted by Gasteiger charge is -2.17. The fourth-order valence-corrected chi connectivity index (χ4v) is 0.871. The molecule has 0 aromatic heterocycles. The van der Waals surface area contributed by atoms with Crippen molar-refractivity contribution in [2.75, 3.05) is 20.7 Å². The maximum atomic E-state index is 11.4. The Morgan fingerprint density at radius 1 is 1.50 bits per heavy atom. The maximum absolute atomic E-state index is 11.4. The second-order valence-electron chi connectivity index (χ2n) is 3.20. The molecular formula is C9H18N2O3. The number of nitrogens with zero attached hydrogens (tertiary/aromatic N) is 1. The van der Waals surface area contributed by atoms with Gasteiger partial charge >= 0.3 is 5.97 Å². The second-order valence-corrected chi connectivity index (χ2v) is 3.20. The van der Waals surface area contributed by atoms with Gasteiger partial charge in [-0.05, 0) is 6.42 Å². The summed E-state index contributed by atoms with van der Waals surface area (Å²) in [6.07, 6.45) is 1.02. The number of likely N-dealkylation sites (N-methyl/N-ethyl adjacent to an activating group) is 1. The normalized spacial score (nSPS) is 12.0. The Morgan fingerprint density at radius 3 is 2.50 bits per heavy atom. The molecule has 1 atom stereocenters. The van der Waals surface area contributed by atoms with Gasteiger partial charge in [0.05, 0.1) is 7.11 Å². The van der Waals surface area contributed by atoms with Crippen LogP contribution in [-0.4, -0.2) is 43.5 Å². The third-order valence-corrected chi connectivity index (χ3v) is 1.98. The van der Waals surface area contributed by atoms with Crippen LogP contribution >= 0.6 is 0 Å². The predicted octanol–water partition coefficient (Wildman–Crippen LogP) is -0.255. The van der Waals surface area contributed by atoms with Crippen molar-refractivity contribution >= 4 is 11.9 Å². The van der Waals surface area contributed by atoms with Crippen molar-refractivity contribution in [2.45, 2.75) is 25.8 Å². The molecule has 2 N–H and O–H groups in total. The van der Waals surface area contributed by atoms with Crippen molar-refractivity contribution < 1.29 is 14.3 Å². The third-order valence-electron chi connectivity index (χ3n) is 1.98. The van der Waals surface area contributed by atoms with Gasteiger partial charge in [-0.2, -0.15) is 0 Å². The molecule has 0 aromatic rings. The molecule has 5 heteroatoms. The summed E-state index contributed by atoms with van der Waals surface area (Å²) >= 11 is 0. The van der Waals surface area contributed by atoms with Crippen LogP contribution < -0.4 is 5.73 Å². The molecule has 1 unspecified atom stereocenters. The number of hydrogen-bond donors (Lipinski definition) is 1. The monoisotopic (exact) mass is 202 g/mol. The van der Waals surface area contributed by atoms with Crippen molar-refractivity contribution in [1.29, 1.82) is 0 Å². The Labute approximate surface area is 84.2 Å². The van der Waals surface area contributed by atoms with Gasteiger partial charge in [0.1, 0.15) is 6.54 Å². The van der Waals surface area contributed by atoms with Crippen LogP contribution in [0, 0.1) is 0 Å². The fraction of sp³-hybridized carbons (Fsp3) is 0.778. The van der Waals surface area contributed by atoms with Gasteiger partial charge in [-0.25, -0.2) is 0 Å². The van der Waals surface area contributed by atoms with E-state index in [9.17, 15) is 9.59 Å². The first-order valence-corrected chi connectivity index (χ1v) is 4.57. The molecule has 0 rings (SSSR count).